The number of nitrogens with one attached hydrogen (secondary N) is 1. The van der Waals surface area contributed by atoms with Crippen LogP contribution in [0.5, 0.6) is 0 Å². The number of thioether (sulfide) groups is 1. The molecule has 1 aromatic rings. The van der Waals surface area contributed by atoms with Crippen LogP contribution in [0.4, 0.5) is 0 Å². The molecule has 0 radical (unpaired) electrons. The first-order valence-electron chi connectivity index (χ1n) is 6.56. The Bertz CT molecular complexity index is 609. The van der Waals surface area contributed by atoms with Gasteiger partial charge in [-0.2, -0.15) is 4.98 Å². The molecule has 7 nitrogen and oxygen atoms in total. The van der Waals surface area contributed by atoms with Crippen LogP contribution in [0.15, 0.2) is 14.7 Å². The second-order valence-electron chi connectivity index (χ2n) is 4.94. The number of carboxylic acid groups (broad SMARTS) is 1. The third kappa shape index (κ3) is 3.30. The summed E-state index contributed by atoms with van der Waals surface area (Å²) in [6.45, 7) is 0. The minimum Gasteiger partial charge on any atom is -0.481 e. The number of rotatable bonds is 3. The molecule has 0 saturated heterocycles. The van der Waals surface area contributed by atoms with E-state index in [0.29, 0.717) is 11.6 Å². The van der Waals surface area contributed by atoms with Crippen molar-refractivity contribution in [3.8, 4) is 0 Å². The molecule has 2 N–H and O–H groups in total. The molecule has 0 amide bonds. The van der Waals surface area contributed by atoms with E-state index in [2.05, 4.69) is 10.1 Å². The summed E-state index contributed by atoms with van der Waals surface area (Å²) in [6, 6.07) is 0. The Hall–Kier alpha value is -1.57. The number of carbonyl (C=O) groups is 1. The van der Waals surface area contributed by atoms with E-state index in [4.69, 9.17) is 0 Å². The van der Waals surface area contributed by atoms with Crippen LogP contribution in [0.3, 0.4) is 0 Å². The van der Waals surface area contributed by atoms with Crippen LogP contribution in [0.2, 0.25) is 0 Å². The van der Waals surface area contributed by atoms with E-state index in [1.54, 1.807) is 7.05 Å². The predicted octanol–water partition coefficient (Wildman–Crippen LogP) is 0.594. The molecule has 1 aromatic heterocycles. The van der Waals surface area contributed by atoms with Crippen LogP contribution in [0, 0.1) is 5.92 Å². The Kier molecular flexibility index (Phi) is 4.64. The fourth-order valence-corrected chi connectivity index (χ4v) is 3.71. The molecular weight excluding hydrogens is 282 g/mol. The Morgan fingerprint density at radius 2 is 2.05 bits per heavy atom. The molecular formula is C12H17N3O4S. The molecule has 110 valence electrons. The van der Waals surface area contributed by atoms with Crippen molar-refractivity contribution in [1.82, 2.24) is 14.8 Å². The van der Waals surface area contributed by atoms with Gasteiger partial charge in [-0.05, 0) is 12.8 Å². The zero-order valence-electron chi connectivity index (χ0n) is 11.2. The quantitative estimate of drug-likeness (QED) is 0.625. The number of aromatic nitrogens is 3. The fourth-order valence-electron chi connectivity index (χ4n) is 2.40. The van der Waals surface area contributed by atoms with Gasteiger partial charge in [-0.15, -0.1) is 0 Å². The van der Waals surface area contributed by atoms with Crippen LogP contribution < -0.4 is 11.1 Å². The van der Waals surface area contributed by atoms with Gasteiger partial charge in [0.05, 0.1) is 5.92 Å². The number of aromatic amines is 1. The zero-order valence-corrected chi connectivity index (χ0v) is 12.0. The SMILES string of the molecule is Cn1[nH]c(=O)c(=O)nc1SC1CCCCCC1C(=O)O. The summed E-state index contributed by atoms with van der Waals surface area (Å²) in [4.78, 5) is 37.6. The average molecular weight is 299 g/mol. The Labute approximate surface area is 119 Å². The first kappa shape index (κ1) is 14.8. The number of hydrogen-bond acceptors (Lipinski definition) is 5. The van der Waals surface area contributed by atoms with Crippen LogP contribution >= 0.6 is 11.8 Å². The van der Waals surface area contributed by atoms with Crippen molar-refractivity contribution >= 4 is 17.7 Å². The van der Waals surface area contributed by atoms with Crippen LogP contribution in [-0.2, 0) is 11.8 Å². The molecule has 1 aliphatic carbocycles. The molecule has 1 saturated carbocycles. The first-order valence-corrected chi connectivity index (χ1v) is 7.44. The van der Waals surface area contributed by atoms with Gasteiger partial charge in [0.1, 0.15) is 0 Å². The van der Waals surface area contributed by atoms with Crippen molar-refractivity contribution in [3.63, 3.8) is 0 Å². The van der Waals surface area contributed by atoms with Gasteiger partial charge in [0.25, 0.3) is 0 Å². The second kappa shape index (κ2) is 6.25. The van der Waals surface area contributed by atoms with Gasteiger partial charge in [-0.25, -0.2) is 0 Å². The molecule has 0 aromatic carbocycles. The summed E-state index contributed by atoms with van der Waals surface area (Å²) in [5, 5.41) is 11.9. The lowest BCUT2D eigenvalue weighted by molar-refractivity contribution is -0.141. The Morgan fingerprint density at radius 1 is 1.35 bits per heavy atom. The molecule has 1 aliphatic rings. The molecule has 0 spiro atoms. The monoisotopic (exact) mass is 299 g/mol. The fraction of sp³-hybridized carbons (Fsp3) is 0.667. The minimum absolute atomic E-state index is 0.126. The summed E-state index contributed by atoms with van der Waals surface area (Å²) < 4.78 is 1.37. The van der Waals surface area contributed by atoms with Gasteiger partial charge in [-0.1, -0.05) is 31.0 Å². The molecule has 0 bridgehead atoms. The van der Waals surface area contributed by atoms with E-state index in [-0.39, 0.29) is 5.25 Å². The Balaban J connectivity index is 2.26. The van der Waals surface area contributed by atoms with E-state index in [0.717, 1.165) is 25.7 Å². The molecule has 0 aliphatic heterocycles. The molecule has 8 heteroatoms. The van der Waals surface area contributed by atoms with Crippen molar-refractivity contribution in [1.29, 1.82) is 0 Å². The van der Waals surface area contributed by atoms with Gasteiger partial charge in [0, 0.05) is 12.3 Å². The van der Waals surface area contributed by atoms with E-state index < -0.39 is 23.0 Å². The van der Waals surface area contributed by atoms with E-state index in [1.807, 2.05) is 0 Å². The maximum absolute atomic E-state index is 11.4. The smallest absolute Gasteiger partial charge is 0.339 e. The second-order valence-corrected chi connectivity index (χ2v) is 6.14. The predicted molar refractivity (Wildman–Crippen MR) is 74.0 cm³/mol. The van der Waals surface area contributed by atoms with Crippen molar-refractivity contribution in [2.75, 3.05) is 0 Å². The molecule has 2 unspecified atom stereocenters. The highest BCUT2D eigenvalue weighted by atomic mass is 32.2. The summed E-state index contributed by atoms with van der Waals surface area (Å²) in [5.41, 5.74) is -1.61. The highest BCUT2D eigenvalue weighted by molar-refractivity contribution is 7.99. The minimum atomic E-state index is -0.842. The van der Waals surface area contributed by atoms with Gasteiger partial charge < -0.3 is 5.11 Å². The third-order valence-electron chi connectivity index (χ3n) is 3.47. The number of aliphatic carboxylic acids is 1. The van der Waals surface area contributed by atoms with Crippen LogP contribution in [-0.4, -0.2) is 31.1 Å². The summed E-state index contributed by atoms with van der Waals surface area (Å²) in [6.07, 6.45) is 4.32. The maximum atomic E-state index is 11.4. The van der Waals surface area contributed by atoms with Crippen molar-refractivity contribution in [2.45, 2.75) is 42.5 Å². The average Bonchev–Trinajstić information content (AvgIpc) is 2.61. The molecule has 2 rings (SSSR count). The molecule has 20 heavy (non-hydrogen) atoms. The van der Waals surface area contributed by atoms with Gasteiger partial charge >= 0.3 is 17.1 Å². The highest BCUT2D eigenvalue weighted by Crippen LogP contribution is 2.35. The number of hydrogen-bond donors (Lipinski definition) is 2. The molecule has 2 atom stereocenters. The molecule has 1 fully saturated rings. The number of aryl methyl sites for hydroxylation is 1. The largest absolute Gasteiger partial charge is 0.481 e. The van der Waals surface area contributed by atoms with E-state index >= 15 is 0 Å². The number of nitrogens with zero attached hydrogens (tertiary/aromatic N) is 2. The first-order chi connectivity index (χ1) is 9.49. The summed E-state index contributed by atoms with van der Waals surface area (Å²) in [5.74, 6) is -1.25. The van der Waals surface area contributed by atoms with Gasteiger partial charge in [-0.3, -0.25) is 24.2 Å². The van der Waals surface area contributed by atoms with Gasteiger partial charge in [0.15, 0.2) is 5.16 Å². The van der Waals surface area contributed by atoms with E-state index in [9.17, 15) is 19.5 Å². The lowest BCUT2D eigenvalue weighted by Gasteiger charge is -2.20. The number of H-pyrrole nitrogens is 1. The third-order valence-corrected chi connectivity index (χ3v) is 4.92. The maximum Gasteiger partial charge on any atom is 0.339 e. The number of carboxylic acids is 1. The van der Waals surface area contributed by atoms with Crippen LogP contribution in [0.25, 0.3) is 0 Å². The van der Waals surface area contributed by atoms with E-state index in [1.165, 1.54) is 16.4 Å². The van der Waals surface area contributed by atoms with Gasteiger partial charge in [0.2, 0.25) is 0 Å². The van der Waals surface area contributed by atoms with Crippen LogP contribution in [0.1, 0.15) is 32.1 Å². The van der Waals surface area contributed by atoms with Crippen molar-refractivity contribution in [2.24, 2.45) is 13.0 Å². The van der Waals surface area contributed by atoms with Crippen molar-refractivity contribution < 1.29 is 9.90 Å². The lowest BCUT2D eigenvalue weighted by Crippen LogP contribution is -2.34. The summed E-state index contributed by atoms with van der Waals surface area (Å²) >= 11 is 1.26. The Morgan fingerprint density at radius 3 is 2.75 bits per heavy atom. The zero-order chi connectivity index (χ0) is 14.7. The lowest BCUT2D eigenvalue weighted by atomic mass is 10.0. The highest BCUT2D eigenvalue weighted by Gasteiger charge is 2.31. The topological polar surface area (TPSA) is 105 Å². The standard InChI is InChI=1S/C12H17N3O4S/c1-15-12(13-9(16)10(17)14-15)20-8-6-4-2-3-5-7(8)11(18)19/h7-8H,2-6H2,1H3,(H,14,17)(H,18,19). The van der Waals surface area contributed by atoms with Crippen molar-refractivity contribution in [3.05, 3.63) is 20.7 Å². The summed E-state index contributed by atoms with van der Waals surface area (Å²) in [7, 11) is 1.59. The molecule has 1 heterocycles. The normalized spacial score (nSPS) is 23.2.